The maximum Gasteiger partial charge on any atom is 0.249 e. The number of carbonyl (C=O) groups excluding carboxylic acids is 1. The van der Waals surface area contributed by atoms with Crippen molar-refractivity contribution < 1.29 is 4.79 Å². The fourth-order valence-electron chi connectivity index (χ4n) is 1.36. The Morgan fingerprint density at radius 2 is 1.74 bits per heavy atom. The van der Waals surface area contributed by atoms with Crippen LogP contribution >= 0.6 is 23.2 Å². The van der Waals surface area contributed by atoms with E-state index in [4.69, 9.17) is 23.2 Å². The van der Waals surface area contributed by atoms with Gasteiger partial charge in [-0.05, 0) is 35.9 Å². The quantitative estimate of drug-likeness (QED) is 0.868. The average molecular weight is 293 g/mol. The zero-order valence-corrected chi connectivity index (χ0v) is 11.3. The van der Waals surface area contributed by atoms with Gasteiger partial charge in [0.25, 0.3) is 0 Å². The van der Waals surface area contributed by atoms with Crippen LogP contribution in [0.2, 0.25) is 10.0 Å². The lowest BCUT2D eigenvalue weighted by Crippen LogP contribution is -2.08. The molecule has 0 atom stereocenters. The number of carbonyl (C=O) groups is 1. The molecule has 0 spiro atoms. The van der Waals surface area contributed by atoms with Gasteiger partial charge in [-0.15, -0.1) is 0 Å². The Kier molecular flexibility index (Phi) is 4.55. The number of pyridine rings is 1. The normalized spacial score (nSPS) is 10.6. The molecule has 1 N–H and O–H groups in total. The second-order valence-electron chi connectivity index (χ2n) is 3.74. The highest BCUT2D eigenvalue weighted by Gasteiger charge is 1.98. The third kappa shape index (κ3) is 4.39. The predicted molar refractivity (Wildman–Crippen MR) is 78.4 cm³/mol. The van der Waals surface area contributed by atoms with Crippen molar-refractivity contribution in [3.05, 3.63) is 64.3 Å². The molecule has 0 aliphatic heterocycles. The number of aromatic nitrogens is 1. The molecule has 2 rings (SSSR count). The van der Waals surface area contributed by atoms with E-state index in [1.807, 2.05) is 12.1 Å². The number of hydrogen-bond donors (Lipinski definition) is 1. The summed E-state index contributed by atoms with van der Waals surface area (Å²) < 4.78 is 0. The first-order valence-corrected chi connectivity index (χ1v) is 6.25. The third-order valence-electron chi connectivity index (χ3n) is 2.28. The van der Waals surface area contributed by atoms with Crippen LogP contribution in [0.4, 0.5) is 5.82 Å². The topological polar surface area (TPSA) is 42.0 Å². The molecule has 0 bridgehead atoms. The molecule has 0 saturated carbocycles. The van der Waals surface area contributed by atoms with Gasteiger partial charge in [-0.25, -0.2) is 4.98 Å². The van der Waals surface area contributed by atoms with Crippen molar-refractivity contribution >= 4 is 41.0 Å². The Morgan fingerprint density at radius 1 is 1.05 bits per heavy atom. The molecule has 0 aliphatic rings. The van der Waals surface area contributed by atoms with Crippen LogP contribution in [0.3, 0.4) is 0 Å². The molecule has 0 fully saturated rings. The lowest BCUT2D eigenvalue weighted by Gasteiger charge is -2.00. The van der Waals surface area contributed by atoms with Gasteiger partial charge in [0, 0.05) is 17.3 Å². The predicted octanol–water partition coefficient (Wildman–Crippen LogP) is 4.04. The summed E-state index contributed by atoms with van der Waals surface area (Å²) in [4.78, 5) is 15.6. The fourth-order valence-corrected chi connectivity index (χ4v) is 1.60. The van der Waals surface area contributed by atoms with Crippen molar-refractivity contribution in [3.8, 4) is 0 Å². The molecule has 1 aromatic carbocycles. The smallest absolute Gasteiger partial charge is 0.249 e. The summed E-state index contributed by atoms with van der Waals surface area (Å²) >= 11 is 11.5. The summed E-state index contributed by atoms with van der Waals surface area (Å²) in [7, 11) is 0. The molecule has 2 aromatic rings. The first-order valence-electron chi connectivity index (χ1n) is 5.50. The molecule has 1 heterocycles. The Labute approximate surface area is 120 Å². The van der Waals surface area contributed by atoms with Gasteiger partial charge in [-0.1, -0.05) is 35.3 Å². The van der Waals surface area contributed by atoms with E-state index in [1.165, 1.54) is 12.3 Å². The van der Waals surface area contributed by atoms with Crippen molar-refractivity contribution in [2.75, 3.05) is 5.32 Å². The molecular weight excluding hydrogens is 283 g/mol. The molecule has 3 nitrogen and oxygen atoms in total. The van der Waals surface area contributed by atoms with Gasteiger partial charge in [0.05, 0.1) is 5.02 Å². The second-order valence-corrected chi connectivity index (χ2v) is 4.61. The van der Waals surface area contributed by atoms with E-state index in [0.29, 0.717) is 15.9 Å². The first kappa shape index (κ1) is 13.6. The van der Waals surface area contributed by atoms with Gasteiger partial charge < -0.3 is 5.32 Å². The lowest BCUT2D eigenvalue weighted by molar-refractivity contribution is -0.111. The molecule has 0 saturated heterocycles. The van der Waals surface area contributed by atoms with E-state index in [-0.39, 0.29) is 5.91 Å². The first-order chi connectivity index (χ1) is 9.13. The molecule has 5 heteroatoms. The SMILES string of the molecule is O=C(/C=C/c1ccc(Cl)cc1)Nc1ccc(Cl)cn1. The summed E-state index contributed by atoms with van der Waals surface area (Å²) in [5.74, 6) is 0.194. The van der Waals surface area contributed by atoms with E-state index >= 15 is 0 Å². The largest absolute Gasteiger partial charge is 0.307 e. The van der Waals surface area contributed by atoms with Crippen molar-refractivity contribution in [2.45, 2.75) is 0 Å². The minimum Gasteiger partial charge on any atom is -0.307 e. The van der Waals surface area contributed by atoms with E-state index in [0.717, 1.165) is 5.56 Å². The van der Waals surface area contributed by atoms with Crippen LogP contribution in [-0.4, -0.2) is 10.9 Å². The molecular formula is C14H10Cl2N2O. The van der Waals surface area contributed by atoms with Crippen molar-refractivity contribution in [1.82, 2.24) is 4.98 Å². The molecule has 96 valence electrons. The van der Waals surface area contributed by atoms with Crippen LogP contribution in [0.1, 0.15) is 5.56 Å². The highest BCUT2D eigenvalue weighted by Crippen LogP contribution is 2.11. The number of hydrogen-bond acceptors (Lipinski definition) is 2. The molecule has 19 heavy (non-hydrogen) atoms. The van der Waals surface area contributed by atoms with Crippen LogP contribution in [0.5, 0.6) is 0 Å². The minimum absolute atomic E-state index is 0.259. The maximum absolute atomic E-state index is 11.6. The van der Waals surface area contributed by atoms with E-state index in [9.17, 15) is 4.79 Å². The van der Waals surface area contributed by atoms with Crippen molar-refractivity contribution in [1.29, 1.82) is 0 Å². The van der Waals surface area contributed by atoms with E-state index in [1.54, 1.807) is 30.3 Å². The van der Waals surface area contributed by atoms with Crippen LogP contribution < -0.4 is 5.32 Å². The Hall–Kier alpha value is -1.84. The number of amides is 1. The van der Waals surface area contributed by atoms with Crippen LogP contribution in [0.25, 0.3) is 6.08 Å². The molecule has 0 radical (unpaired) electrons. The number of benzene rings is 1. The van der Waals surface area contributed by atoms with Crippen LogP contribution in [0.15, 0.2) is 48.7 Å². The Bertz CT molecular complexity index is 592. The number of nitrogens with one attached hydrogen (secondary N) is 1. The van der Waals surface area contributed by atoms with E-state index < -0.39 is 0 Å². The van der Waals surface area contributed by atoms with Gasteiger partial charge >= 0.3 is 0 Å². The average Bonchev–Trinajstić information content (AvgIpc) is 2.41. The second kappa shape index (κ2) is 6.36. The summed E-state index contributed by atoms with van der Waals surface area (Å²) in [5, 5.41) is 3.81. The Morgan fingerprint density at radius 3 is 2.37 bits per heavy atom. The standard InChI is InChI=1S/C14H10Cl2N2O/c15-11-4-1-10(2-5-11)3-8-14(19)18-13-7-6-12(16)9-17-13/h1-9H,(H,17,18,19)/b8-3+. The third-order valence-corrected chi connectivity index (χ3v) is 2.75. The van der Waals surface area contributed by atoms with Crippen molar-refractivity contribution in [3.63, 3.8) is 0 Å². The van der Waals surface area contributed by atoms with Gasteiger partial charge in [0.2, 0.25) is 5.91 Å². The zero-order valence-electron chi connectivity index (χ0n) is 9.81. The minimum atomic E-state index is -0.259. The molecule has 1 amide bonds. The maximum atomic E-state index is 11.6. The van der Waals surface area contributed by atoms with Gasteiger partial charge in [0.15, 0.2) is 0 Å². The highest BCUT2D eigenvalue weighted by atomic mass is 35.5. The summed E-state index contributed by atoms with van der Waals surface area (Å²) in [6.07, 6.45) is 4.60. The molecule has 0 aliphatic carbocycles. The number of nitrogens with zero attached hydrogens (tertiary/aromatic N) is 1. The van der Waals surface area contributed by atoms with Gasteiger partial charge in [-0.3, -0.25) is 4.79 Å². The number of rotatable bonds is 3. The monoisotopic (exact) mass is 292 g/mol. The zero-order chi connectivity index (χ0) is 13.7. The highest BCUT2D eigenvalue weighted by molar-refractivity contribution is 6.30. The molecule has 1 aromatic heterocycles. The van der Waals surface area contributed by atoms with E-state index in [2.05, 4.69) is 10.3 Å². The summed E-state index contributed by atoms with van der Waals surface area (Å²) in [5.41, 5.74) is 0.892. The van der Waals surface area contributed by atoms with Gasteiger partial charge in [0.1, 0.15) is 5.82 Å². The van der Waals surface area contributed by atoms with Crippen molar-refractivity contribution in [2.24, 2.45) is 0 Å². The lowest BCUT2D eigenvalue weighted by atomic mass is 10.2. The molecule has 0 unspecified atom stereocenters. The fraction of sp³-hybridized carbons (Fsp3) is 0. The van der Waals surface area contributed by atoms with Crippen LogP contribution in [-0.2, 0) is 4.79 Å². The number of anilines is 1. The summed E-state index contributed by atoms with van der Waals surface area (Å²) in [6, 6.07) is 10.5. The number of halogens is 2. The summed E-state index contributed by atoms with van der Waals surface area (Å²) in [6.45, 7) is 0. The Balaban J connectivity index is 1.97. The van der Waals surface area contributed by atoms with Crippen LogP contribution in [0, 0.1) is 0 Å². The van der Waals surface area contributed by atoms with Gasteiger partial charge in [-0.2, -0.15) is 0 Å².